The number of aromatic nitrogens is 2. The highest BCUT2D eigenvalue weighted by molar-refractivity contribution is 6.42. The molecule has 0 spiro atoms. The number of Topliss-reactive ketones (excluding diaryl/α,β-unsaturated/α-hetero) is 1. The summed E-state index contributed by atoms with van der Waals surface area (Å²) in [4.78, 5) is 21.8. The molecule has 7 heteroatoms. The Morgan fingerprint density at radius 3 is 2.41 bits per heavy atom. The molecule has 4 rings (SSSR count). The number of anilines is 4. The number of ketones is 1. The second kappa shape index (κ2) is 8.39. The average Bonchev–Trinajstić information content (AvgIpc) is 2.71. The fraction of sp³-hybridized carbons (Fsp3) is 0.227. The van der Waals surface area contributed by atoms with Gasteiger partial charge in [0, 0.05) is 17.8 Å². The molecule has 1 aliphatic carbocycles. The minimum Gasteiger partial charge on any atom is -0.339 e. The fourth-order valence-corrected chi connectivity index (χ4v) is 3.63. The van der Waals surface area contributed by atoms with Crippen LogP contribution in [-0.2, 0) is 12.8 Å². The van der Waals surface area contributed by atoms with Gasteiger partial charge in [0.25, 0.3) is 0 Å². The Hall–Kier alpha value is -2.63. The molecule has 0 atom stereocenters. The van der Waals surface area contributed by atoms with Crippen molar-refractivity contribution in [2.75, 3.05) is 10.6 Å². The fourth-order valence-electron chi connectivity index (χ4n) is 3.33. The first-order valence-corrected chi connectivity index (χ1v) is 10.3. The zero-order valence-electron chi connectivity index (χ0n) is 15.9. The molecule has 0 aliphatic heterocycles. The van der Waals surface area contributed by atoms with E-state index in [2.05, 4.69) is 39.7 Å². The van der Waals surface area contributed by atoms with Gasteiger partial charge in [0.2, 0.25) is 5.95 Å². The monoisotopic (exact) mass is 426 g/mol. The molecule has 1 heterocycles. The third kappa shape index (κ3) is 4.36. The summed E-state index contributed by atoms with van der Waals surface area (Å²) < 4.78 is 0. The molecule has 2 N–H and O–H groups in total. The number of fused-ring (bicyclic) bond motifs is 1. The summed E-state index contributed by atoms with van der Waals surface area (Å²) in [5.41, 5.74) is 4.16. The molecular weight excluding hydrogens is 407 g/mol. The third-order valence-corrected chi connectivity index (χ3v) is 5.62. The van der Waals surface area contributed by atoms with Crippen LogP contribution in [0.2, 0.25) is 10.0 Å². The van der Waals surface area contributed by atoms with Gasteiger partial charge in [0.15, 0.2) is 5.78 Å². The van der Waals surface area contributed by atoms with Gasteiger partial charge in [0.1, 0.15) is 5.82 Å². The molecule has 0 saturated carbocycles. The number of hydrogen-bond acceptors (Lipinski definition) is 5. The van der Waals surface area contributed by atoms with Gasteiger partial charge in [-0.25, -0.2) is 4.98 Å². The lowest BCUT2D eigenvalue weighted by atomic mass is 9.95. The summed E-state index contributed by atoms with van der Waals surface area (Å²) in [5.74, 6) is 0.976. The molecule has 5 nitrogen and oxygen atoms in total. The van der Waals surface area contributed by atoms with Gasteiger partial charge in [0.05, 0.1) is 21.3 Å². The number of rotatable bonds is 5. The Morgan fingerprint density at radius 1 is 0.931 bits per heavy atom. The number of benzene rings is 2. The van der Waals surface area contributed by atoms with Crippen molar-refractivity contribution in [3.05, 3.63) is 69.3 Å². The molecule has 0 bridgehead atoms. The molecule has 0 amide bonds. The number of nitrogens with one attached hydrogen (secondary N) is 2. The van der Waals surface area contributed by atoms with Crippen LogP contribution in [0, 0.1) is 0 Å². The van der Waals surface area contributed by atoms with E-state index in [0.717, 1.165) is 30.6 Å². The molecule has 1 aromatic heterocycles. The highest BCUT2D eigenvalue weighted by Crippen LogP contribution is 2.32. The van der Waals surface area contributed by atoms with Crippen molar-refractivity contribution >= 4 is 52.1 Å². The summed E-state index contributed by atoms with van der Waals surface area (Å²) in [6.07, 6.45) is 3.01. The van der Waals surface area contributed by atoms with Crippen molar-refractivity contribution in [1.82, 2.24) is 9.97 Å². The summed E-state index contributed by atoms with van der Waals surface area (Å²) in [6.45, 7) is 2.12. The van der Waals surface area contributed by atoms with Crippen LogP contribution in [-0.4, -0.2) is 15.8 Å². The standard InChI is InChI=1S/C22H20Cl2N4O/c1-2-13-6-8-14(9-7-13)26-22-27-18-4-3-5-19(29)20(18)21(28-22)25-15-10-11-16(23)17(24)12-15/h6-12H,2-5H2,1H3,(H2,25,26,27,28). The van der Waals surface area contributed by atoms with Crippen LogP contribution in [0.5, 0.6) is 0 Å². The van der Waals surface area contributed by atoms with Crippen LogP contribution in [0.3, 0.4) is 0 Å². The van der Waals surface area contributed by atoms with E-state index in [1.54, 1.807) is 18.2 Å². The molecule has 0 unspecified atom stereocenters. The first-order valence-electron chi connectivity index (χ1n) is 9.55. The number of hydrogen-bond donors (Lipinski definition) is 2. The van der Waals surface area contributed by atoms with E-state index >= 15 is 0 Å². The zero-order valence-corrected chi connectivity index (χ0v) is 17.4. The second-order valence-electron chi connectivity index (χ2n) is 6.92. The van der Waals surface area contributed by atoms with E-state index in [1.165, 1.54) is 5.56 Å². The minimum absolute atomic E-state index is 0.0488. The smallest absolute Gasteiger partial charge is 0.229 e. The Kier molecular flexibility index (Phi) is 5.69. The number of halogens is 2. The molecule has 2 aromatic carbocycles. The van der Waals surface area contributed by atoms with Crippen molar-refractivity contribution in [2.45, 2.75) is 32.6 Å². The molecule has 0 radical (unpaired) electrons. The summed E-state index contributed by atoms with van der Waals surface area (Å²) in [5, 5.41) is 7.37. The van der Waals surface area contributed by atoms with E-state index in [1.807, 2.05) is 12.1 Å². The molecule has 0 saturated heterocycles. The van der Waals surface area contributed by atoms with Crippen molar-refractivity contribution in [3.63, 3.8) is 0 Å². The van der Waals surface area contributed by atoms with Gasteiger partial charge in [-0.15, -0.1) is 0 Å². The van der Waals surface area contributed by atoms with Gasteiger partial charge in [-0.1, -0.05) is 42.3 Å². The van der Waals surface area contributed by atoms with Crippen molar-refractivity contribution in [1.29, 1.82) is 0 Å². The zero-order chi connectivity index (χ0) is 20.4. The maximum Gasteiger partial charge on any atom is 0.229 e. The van der Waals surface area contributed by atoms with Crippen molar-refractivity contribution in [2.24, 2.45) is 0 Å². The third-order valence-electron chi connectivity index (χ3n) is 4.88. The predicted octanol–water partition coefficient (Wildman–Crippen LogP) is 6.35. The predicted molar refractivity (Wildman–Crippen MR) is 118 cm³/mol. The van der Waals surface area contributed by atoms with Crippen LogP contribution >= 0.6 is 23.2 Å². The van der Waals surface area contributed by atoms with Gasteiger partial charge in [-0.3, -0.25) is 4.79 Å². The van der Waals surface area contributed by atoms with Crippen LogP contribution in [0.15, 0.2) is 42.5 Å². The second-order valence-corrected chi connectivity index (χ2v) is 7.74. The normalized spacial score (nSPS) is 13.1. The maximum atomic E-state index is 12.6. The highest BCUT2D eigenvalue weighted by atomic mass is 35.5. The Morgan fingerprint density at radius 2 is 1.69 bits per heavy atom. The van der Waals surface area contributed by atoms with Gasteiger partial charge < -0.3 is 10.6 Å². The number of aryl methyl sites for hydroxylation is 2. The lowest BCUT2D eigenvalue weighted by Crippen LogP contribution is -2.17. The Balaban J connectivity index is 1.70. The number of carbonyl (C=O) groups excluding carboxylic acids is 1. The van der Waals surface area contributed by atoms with E-state index in [0.29, 0.717) is 39.5 Å². The van der Waals surface area contributed by atoms with Crippen molar-refractivity contribution < 1.29 is 4.79 Å². The molecular formula is C22H20Cl2N4O. The molecule has 29 heavy (non-hydrogen) atoms. The molecule has 3 aromatic rings. The summed E-state index contributed by atoms with van der Waals surface area (Å²) in [6, 6.07) is 13.3. The first kappa shape index (κ1) is 19.7. The Labute approximate surface area is 179 Å². The lowest BCUT2D eigenvalue weighted by molar-refractivity contribution is 0.0972. The van der Waals surface area contributed by atoms with Crippen molar-refractivity contribution in [3.8, 4) is 0 Å². The molecule has 0 fully saturated rings. The summed E-state index contributed by atoms with van der Waals surface area (Å²) >= 11 is 12.1. The first-order chi connectivity index (χ1) is 14.0. The van der Waals surface area contributed by atoms with E-state index < -0.39 is 0 Å². The molecule has 1 aliphatic rings. The lowest BCUT2D eigenvalue weighted by Gasteiger charge is -2.19. The quantitative estimate of drug-likeness (QED) is 0.497. The molecule has 148 valence electrons. The topological polar surface area (TPSA) is 66.9 Å². The van der Waals surface area contributed by atoms with Gasteiger partial charge in [-0.05, 0) is 55.2 Å². The van der Waals surface area contributed by atoms with E-state index in [-0.39, 0.29) is 5.78 Å². The SMILES string of the molecule is CCc1ccc(Nc2nc3c(c(Nc4ccc(Cl)c(Cl)c4)n2)C(=O)CCC3)cc1. The number of carbonyl (C=O) groups is 1. The van der Waals surface area contributed by atoms with E-state index in [9.17, 15) is 4.79 Å². The minimum atomic E-state index is 0.0488. The van der Waals surface area contributed by atoms with Crippen LogP contribution in [0.25, 0.3) is 0 Å². The largest absolute Gasteiger partial charge is 0.339 e. The highest BCUT2D eigenvalue weighted by Gasteiger charge is 2.25. The van der Waals surface area contributed by atoms with Crippen LogP contribution < -0.4 is 10.6 Å². The van der Waals surface area contributed by atoms with Gasteiger partial charge >= 0.3 is 0 Å². The Bertz CT molecular complexity index is 1070. The number of nitrogens with zero attached hydrogens (tertiary/aromatic N) is 2. The van der Waals surface area contributed by atoms with Crippen LogP contribution in [0.1, 0.15) is 41.4 Å². The maximum absolute atomic E-state index is 12.6. The van der Waals surface area contributed by atoms with E-state index in [4.69, 9.17) is 23.2 Å². The average molecular weight is 427 g/mol. The van der Waals surface area contributed by atoms with Crippen LogP contribution in [0.4, 0.5) is 23.1 Å². The summed E-state index contributed by atoms with van der Waals surface area (Å²) in [7, 11) is 0. The van der Waals surface area contributed by atoms with Gasteiger partial charge in [-0.2, -0.15) is 4.98 Å².